The third-order valence-corrected chi connectivity index (χ3v) is 6.65. The third kappa shape index (κ3) is 10.6. The van der Waals surface area contributed by atoms with Crippen molar-refractivity contribution in [2.45, 2.75) is 46.9 Å². The van der Waals surface area contributed by atoms with Crippen molar-refractivity contribution in [3.8, 4) is 5.69 Å². The van der Waals surface area contributed by atoms with Gasteiger partial charge in [0.15, 0.2) is 5.78 Å². The highest BCUT2D eigenvalue weighted by Gasteiger charge is 2.26. The molecular formula is C35H41F4NO3. The van der Waals surface area contributed by atoms with Crippen LogP contribution < -0.4 is 0 Å². The smallest absolute Gasteiger partial charge is 0.501 e. The maximum Gasteiger partial charge on any atom is 0.522 e. The van der Waals surface area contributed by atoms with Crippen molar-refractivity contribution in [2.75, 3.05) is 14.2 Å². The molecule has 0 radical (unpaired) electrons. The van der Waals surface area contributed by atoms with Gasteiger partial charge in [0.25, 0.3) is 0 Å². The monoisotopic (exact) mass is 599 g/mol. The molecule has 0 saturated heterocycles. The molecule has 232 valence electrons. The van der Waals surface area contributed by atoms with Crippen LogP contribution in [-0.4, -0.2) is 30.9 Å². The highest BCUT2D eigenvalue weighted by atomic mass is 19.4. The molecule has 1 heterocycles. The second-order valence-electron chi connectivity index (χ2n) is 9.64. The number of benzene rings is 2. The average molecular weight is 600 g/mol. The minimum Gasteiger partial charge on any atom is -0.501 e. The van der Waals surface area contributed by atoms with Crippen LogP contribution in [0.5, 0.6) is 0 Å². The molecule has 4 nitrogen and oxygen atoms in total. The van der Waals surface area contributed by atoms with Crippen LogP contribution >= 0.6 is 0 Å². The van der Waals surface area contributed by atoms with E-state index in [0.717, 1.165) is 33.3 Å². The summed E-state index contributed by atoms with van der Waals surface area (Å²) in [4.78, 5) is 13.5. The van der Waals surface area contributed by atoms with Gasteiger partial charge in [-0.05, 0) is 68.2 Å². The molecule has 3 aromatic rings. The van der Waals surface area contributed by atoms with Crippen molar-refractivity contribution >= 4 is 16.7 Å². The molecule has 0 aliphatic heterocycles. The van der Waals surface area contributed by atoms with E-state index in [4.69, 9.17) is 4.74 Å². The number of alkyl halides is 3. The average Bonchev–Trinajstić information content (AvgIpc) is 3.27. The molecule has 43 heavy (non-hydrogen) atoms. The molecule has 0 amide bonds. The van der Waals surface area contributed by atoms with Gasteiger partial charge >= 0.3 is 6.36 Å². The molecular weight excluding hydrogens is 558 g/mol. The fourth-order valence-electron chi connectivity index (χ4n) is 4.38. The summed E-state index contributed by atoms with van der Waals surface area (Å²) in [6.07, 6.45) is 2.19. The maximum absolute atomic E-state index is 14.7. The number of Topliss-reactive ketones (excluding diaryl/α,β-unsaturated/α-hetero) is 1. The number of allylic oxidation sites excluding steroid dienone is 6. The summed E-state index contributed by atoms with van der Waals surface area (Å²) in [5.74, 6) is 0.373. The summed E-state index contributed by atoms with van der Waals surface area (Å²) in [5, 5.41) is 0.852. The standard InChI is InChI=1S/C31H34FNO2.C2H3F3O.C2H4/c1-8-9-12-20(2)21(3)16-30(34)31-23(5)33(29-14-11-10-13-28(29)31)27-18-25(17-26(32)19-27)15-22(4)24(6)35-7;1-6-2(3,4)5;1-2/h8-14,17-19,22H,3,6,15-16H2,1-2,4-5,7H3;1H3;1-2H2/b9-8-,20-12-;;. The Hall–Kier alpha value is -4.17. The van der Waals surface area contributed by atoms with E-state index in [2.05, 4.69) is 31.1 Å². The number of rotatable bonds is 10. The van der Waals surface area contributed by atoms with E-state index in [-0.39, 0.29) is 23.9 Å². The van der Waals surface area contributed by atoms with E-state index in [1.807, 2.05) is 80.8 Å². The van der Waals surface area contributed by atoms with E-state index in [1.54, 1.807) is 13.2 Å². The number of aromatic nitrogens is 1. The quantitative estimate of drug-likeness (QED) is 0.0766. The number of nitrogens with zero attached hydrogens (tertiary/aromatic N) is 1. The molecule has 0 spiro atoms. The summed E-state index contributed by atoms with van der Waals surface area (Å²) >= 11 is 0. The molecule has 0 aliphatic rings. The number of carbonyl (C=O) groups is 1. The first-order valence-corrected chi connectivity index (χ1v) is 13.5. The van der Waals surface area contributed by atoms with Crippen LogP contribution in [0.1, 0.15) is 48.8 Å². The number of halogens is 4. The van der Waals surface area contributed by atoms with Gasteiger partial charge in [0.2, 0.25) is 0 Å². The number of fused-ring (bicyclic) bond motifs is 1. The van der Waals surface area contributed by atoms with Crippen molar-refractivity contribution in [1.82, 2.24) is 4.57 Å². The van der Waals surface area contributed by atoms with Crippen molar-refractivity contribution in [3.63, 3.8) is 0 Å². The zero-order valence-electron chi connectivity index (χ0n) is 25.8. The van der Waals surface area contributed by atoms with Gasteiger partial charge in [0.1, 0.15) is 5.82 Å². The Bertz CT molecular complexity index is 1480. The lowest BCUT2D eigenvalue weighted by molar-refractivity contribution is -0.311. The molecule has 0 saturated carbocycles. The zero-order valence-corrected chi connectivity index (χ0v) is 25.8. The van der Waals surface area contributed by atoms with E-state index in [9.17, 15) is 22.4 Å². The van der Waals surface area contributed by atoms with E-state index in [0.29, 0.717) is 30.5 Å². The first kappa shape index (κ1) is 36.9. The molecule has 1 unspecified atom stereocenters. The summed E-state index contributed by atoms with van der Waals surface area (Å²) < 4.78 is 56.6. The molecule has 3 rings (SSSR count). The Kier molecular flexibility index (Phi) is 14.6. The summed E-state index contributed by atoms with van der Waals surface area (Å²) in [6, 6.07) is 12.8. The minimum atomic E-state index is -4.46. The van der Waals surface area contributed by atoms with Gasteiger partial charge in [-0.2, -0.15) is 0 Å². The molecule has 0 aliphatic carbocycles. The van der Waals surface area contributed by atoms with Crippen LogP contribution in [0, 0.1) is 18.7 Å². The van der Waals surface area contributed by atoms with Gasteiger partial charge in [-0.15, -0.1) is 26.3 Å². The van der Waals surface area contributed by atoms with Gasteiger partial charge in [-0.1, -0.05) is 56.5 Å². The van der Waals surface area contributed by atoms with Crippen LogP contribution in [0.3, 0.4) is 0 Å². The predicted octanol–water partition coefficient (Wildman–Crippen LogP) is 10.0. The second-order valence-corrected chi connectivity index (χ2v) is 9.64. The molecule has 1 atom stereocenters. The van der Waals surface area contributed by atoms with Crippen LogP contribution in [0.4, 0.5) is 17.6 Å². The fraction of sp³-hybridized carbons (Fsp3) is 0.286. The summed E-state index contributed by atoms with van der Waals surface area (Å²) in [5.41, 5.74) is 5.58. The highest BCUT2D eigenvalue weighted by molar-refractivity contribution is 6.11. The van der Waals surface area contributed by atoms with Crippen LogP contribution in [0.15, 0.2) is 104 Å². The number of para-hydroxylation sites is 1. The largest absolute Gasteiger partial charge is 0.522 e. The van der Waals surface area contributed by atoms with Gasteiger partial charge < -0.3 is 9.30 Å². The fourth-order valence-corrected chi connectivity index (χ4v) is 4.38. The number of ether oxygens (including phenoxy) is 2. The number of hydrogen-bond donors (Lipinski definition) is 0. The third-order valence-electron chi connectivity index (χ3n) is 6.65. The molecule has 0 bridgehead atoms. The highest BCUT2D eigenvalue weighted by Crippen LogP contribution is 2.32. The normalized spacial score (nSPS) is 12.2. The Morgan fingerprint density at radius 3 is 2.26 bits per heavy atom. The Morgan fingerprint density at radius 1 is 1.09 bits per heavy atom. The molecule has 1 aromatic heterocycles. The molecule has 0 N–H and O–H groups in total. The lowest BCUT2D eigenvalue weighted by atomic mass is 9.97. The zero-order chi connectivity index (χ0) is 32.9. The Labute approximate surface area is 252 Å². The van der Waals surface area contributed by atoms with E-state index in [1.165, 1.54) is 6.07 Å². The molecule has 2 aromatic carbocycles. The van der Waals surface area contributed by atoms with Gasteiger partial charge in [-0.25, -0.2) is 4.39 Å². The number of carbonyl (C=O) groups excluding carboxylic acids is 1. The maximum atomic E-state index is 14.7. The van der Waals surface area contributed by atoms with Gasteiger partial charge in [-0.3, -0.25) is 9.53 Å². The lowest BCUT2D eigenvalue weighted by Crippen LogP contribution is -2.08. The topological polar surface area (TPSA) is 40.5 Å². The van der Waals surface area contributed by atoms with E-state index >= 15 is 0 Å². The summed E-state index contributed by atoms with van der Waals surface area (Å²) in [7, 11) is 2.18. The van der Waals surface area contributed by atoms with Crippen LogP contribution in [0.25, 0.3) is 16.6 Å². The number of ketones is 1. The van der Waals surface area contributed by atoms with Gasteiger partial charge in [0.05, 0.1) is 18.4 Å². The lowest BCUT2D eigenvalue weighted by Gasteiger charge is -2.16. The molecule has 8 heteroatoms. The number of hydrogen-bond acceptors (Lipinski definition) is 3. The van der Waals surface area contributed by atoms with Gasteiger partial charge in [0, 0.05) is 41.8 Å². The van der Waals surface area contributed by atoms with Crippen molar-refractivity contribution in [3.05, 3.63) is 127 Å². The Morgan fingerprint density at radius 2 is 1.70 bits per heavy atom. The minimum absolute atomic E-state index is 0.00248. The predicted molar refractivity (Wildman–Crippen MR) is 168 cm³/mol. The second kappa shape index (κ2) is 17.1. The van der Waals surface area contributed by atoms with E-state index < -0.39 is 6.36 Å². The number of methoxy groups -OCH3 is 2. The SMILES string of the molecule is C=C.C=C(CC(=O)c1c(C)n(-c2cc(F)cc(CC(C)C(=C)OC)c2)c2ccccc12)/C(C)=C\C=C/C.COC(F)(F)F. The molecule has 0 fully saturated rings. The first-order valence-electron chi connectivity index (χ1n) is 13.5. The van der Waals surface area contributed by atoms with Crippen LogP contribution in [-0.2, 0) is 15.9 Å². The van der Waals surface area contributed by atoms with Crippen molar-refractivity contribution in [2.24, 2.45) is 5.92 Å². The summed E-state index contributed by atoms with van der Waals surface area (Å²) in [6.45, 7) is 21.9. The first-order chi connectivity index (χ1) is 20.2. The van der Waals surface area contributed by atoms with Crippen molar-refractivity contribution < 1.29 is 31.8 Å². The van der Waals surface area contributed by atoms with Crippen molar-refractivity contribution in [1.29, 1.82) is 0 Å². The Balaban J connectivity index is 0.00000103. The van der Waals surface area contributed by atoms with Crippen LogP contribution in [0.2, 0.25) is 0 Å².